The highest BCUT2D eigenvalue weighted by Crippen LogP contribution is 2.21. The molecule has 0 unspecified atom stereocenters. The molecule has 3 aromatic rings. The molecule has 3 heterocycles. The number of carbonyl (C=O) groups excluding carboxylic acids is 2. The summed E-state index contributed by atoms with van der Waals surface area (Å²) in [5.41, 5.74) is 2.25. The van der Waals surface area contributed by atoms with Gasteiger partial charge in [0.15, 0.2) is 5.78 Å². The number of halogens is 1. The largest absolute Gasteiger partial charge is 0.326 e. The second-order valence-electron chi connectivity index (χ2n) is 7.29. The van der Waals surface area contributed by atoms with Gasteiger partial charge in [0, 0.05) is 51.1 Å². The summed E-state index contributed by atoms with van der Waals surface area (Å²) in [7, 11) is 1.84. The van der Waals surface area contributed by atoms with Crippen LogP contribution in [0, 0.1) is 5.82 Å². The lowest BCUT2D eigenvalue weighted by Crippen LogP contribution is -2.32. The number of ketones is 1. The van der Waals surface area contributed by atoms with E-state index in [-0.39, 0.29) is 17.6 Å². The van der Waals surface area contributed by atoms with Crippen molar-refractivity contribution >= 4 is 17.6 Å². The highest BCUT2D eigenvalue weighted by molar-refractivity contribution is 5.98. The highest BCUT2D eigenvalue weighted by atomic mass is 19.1. The normalized spacial score (nSPS) is 13.9. The molecule has 1 aromatic carbocycles. The second kappa shape index (κ2) is 8.44. The van der Waals surface area contributed by atoms with E-state index < -0.39 is 0 Å². The van der Waals surface area contributed by atoms with Crippen LogP contribution in [0.15, 0.2) is 54.9 Å². The van der Waals surface area contributed by atoms with Gasteiger partial charge in [0.25, 0.3) is 0 Å². The Morgan fingerprint density at radius 1 is 1.13 bits per heavy atom. The number of hydrogen-bond acceptors (Lipinski definition) is 4. The van der Waals surface area contributed by atoms with Crippen LogP contribution in [0.25, 0.3) is 0 Å². The van der Waals surface area contributed by atoms with Crippen LogP contribution in [-0.2, 0) is 20.0 Å². The van der Waals surface area contributed by atoms with E-state index in [1.807, 2.05) is 19.3 Å². The molecule has 1 fully saturated rings. The minimum atomic E-state index is -0.304. The minimum Gasteiger partial charge on any atom is -0.318 e. The number of benzene rings is 1. The number of hydrogen-bond donors (Lipinski definition) is 0. The molecular weight excluding hydrogens is 385 g/mol. The average molecular weight is 407 g/mol. The Bertz CT molecular complexity index is 1060. The first-order valence-corrected chi connectivity index (χ1v) is 9.78. The van der Waals surface area contributed by atoms with Gasteiger partial charge in [-0.15, -0.1) is 0 Å². The molecule has 7 nitrogen and oxygen atoms in total. The van der Waals surface area contributed by atoms with Crippen molar-refractivity contribution in [2.24, 2.45) is 7.05 Å². The van der Waals surface area contributed by atoms with E-state index in [4.69, 9.17) is 0 Å². The summed E-state index contributed by atoms with van der Waals surface area (Å²) in [6, 6.07) is 11.2. The van der Waals surface area contributed by atoms with E-state index in [0.717, 1.165) is 11.3 Å². The van der Waals surface area contributed by atoms with E-state index in [0.29, 0.717) is 43.9 Å². The number of anilines is 1. The second-order valence-corrected chi connectivity index (χ2v) is 7.29. The zero-order valence-corrected chi connectivity index (χ0v) is 16.7. The average Bonchev–Trinajstić information content (AvgIpc) is 3.33. The summed E-state index contributed by atoms with van der Waals surface area (Å²) in [6.45, 7) is 1.42. The van der Waals surface area contributed by atoms with Crippen molar-refractivity contribution in [1.29, 1.82) is 0 Å². The van der Waals surface area contributed by atoms with Gasteiger partial charge in [0.05, 0.1) is 5.69 Å². The van der Waals surface area contributed by atoms with Crippen molar-refractivity contribution in [2.45, 2.75) is 19.4 Å². The van der Waals surface area contributed by atoms with Crippen molar-refractivity contribution in [2.75, 3.05) is 18.0 Å². The molecule has 0 bridgehead atoms. The number of Topliss-reactive ketones (excluding diaryl/α,β-unsaturated/α-hetero) is 1. The van der Waals surface area contributed by atoms with Gasteiger partial charge in [-0.05, 0) is 42.3 Å². The van der Waals surface area contributed by atoms with Crippen LogP contribution < -0.4 is 4.90 Å². The number of pyridine rings is 1. The van der Waals surface area contributed by atoms with Gasteiger partial charge in [-0.2, -0.15) is 5.10 Å². The predicted octanol–water partition coefficient (Wildman–Crippen LogP) is 3.21. The van der Waals surface area contributed by atoms with Gasteiger partial charge >= 0.3 is 6.03 Å². The fraction of sp³-hybridized carbons (Fsp3) is 0.273. The Kier molecular flexibility index (Phi) is 5.56. The molecule has 4 rings (SSSR count). The molecule has 0 aliphatic carbocycles. The molecule has 1 saturated heterocycles. The van der Waals surface area contributed by atoms with Gasteiger partial charge < -0.3 is 4.90 Å². The Labute approximate surface area is 173 Å². The lowest BCUT2D eigenvalue weighted by Gasteiger charge is -2.18. The fourth-order valence-electron chi connectivity index (χ4n) is 3.47. The first kappa shape index (κ1) is 19.8. The summed E-state index contributed by atoms with van der Waals surface area (Å²) >= 11 is 0. The van der Waals surface area contributed by atoms with Gasteiger partial charge in [-0.3, -0.25) is 14.4 Å². The predicted molar refractivity (Wildman–Crippen MR) is 110 cm³/mol. The molecule has 30 heavy (non-hydrogen) atoms. The minimum absolute atomic E-state index is 0.0147. The first-order chi connectivity index (χ1) is 14.5. The molecule has 0 N–H and O–H groups in total. The first-order valence-electron chi connectivity index (χ1n) is 9.78. The molecule has 1 aliphatic heterocycles. The zero-order chi connectivity index (χ0) is 21.1. The van der Waals surface area contributed by atoms with Gasteiger partial charge in [0.1, 0.15) is 11.6 Å². The van der Waals surface area contributed by atoms with Gasteiger partial charge in [-0.25, -0.2) is 14.2 Å². The monoisotopic (exact) mass is 407 g/mol. The SMILES string of the molecule is Cn1ccc(CCC(=O)c2ccnc(N3CCN(Cc4ccc(F)cc4)C3=O)c2)n1. The Morgan fingerprint density at radius 2 is 1.93 bits per heavy atom. The molecule has 2 aromatic heterocycles. The molecule has 0 atom stereocenters. The van der Waals surface area contributed by atoms with Crippen LogP contribution in [0.1, 0.15) is 28.0 Å². The van der Waals surface area contributed by atoms with Crippen LogP contribution >= 0.6 is 0 Å². The number of rotatable bonds is 7. The molecule has 0 saturated carbocycles. The molecular formula is C22H22FN5O2. The number of amides is 2. The molecule has 8 heteroatoms. The van der Waals surface area contributed by atoms with Crippen molar-refractivity contribution in [3.8, 4) is 0 Å². The fourth-order valence-corrected chi connectivity index (χ4v) is 3.47. The Balaban J connectivity index is 1.41. The summed E-state index contributed by atoms with van der Waals surface area (Å²) < 4.78 is 14.8. The van der Waals surface area contributed by atoms with E-state index >= 15 is 0 Å². The number of urea groups is 1. The summed E-state index contributed by atoms with van der Waals surface area (Å²) in [6.07, 6.45) is 4.30. The topological polar surface area (TPSA) is 71.3 Å². The van der Waals surface area contributed by atoms with E-state index in [1.54, 1.807) is 44.9 Å². The van der Waals surface area contributed by atoms with Crippen molar-refractivity contribution in [3.05, 3.63) is 77.5 Å². The number of aryl methyl sites for hydroxylation is 2. The maximum absolute atomic E-state index is 13.1. The van der Waals surface area contributed by atoms with Gasteiger partial charge in [0.2, 0.25) is 0 Å². The van der Waals surface area contributed by atoms with Crippen LogP contribution in [0.5, 0.6) is 0 Å². The van der Waals surface area contributed by atoms with Crippen molar-refractivity contribution in [1.82, 2.24) is 19.7 Å². The Hall–Kier alpha value is -3.55. The van der Waals surface area contributed by atoms with Crippen LogP contribution in [-0.4, -0.2) is 44.6 Å². The standard InChI is InChI=1S/C22H22FN5O2/c1-26-11-9-19(25-26)6-7-20(29)17-8-10-24-21(14-17)28-13-12-27(22(28)30)15-16-2-4-18(23)5-3-16/h2-5,8-11,14H,6-7,12-13,15H2,1H3. The van der Waals surface area contributed by atoms with E-state index in [9.17, 15) is 14.0 Å². The number of carbonyl (C=O) groups is 2. The molecule has 154 valence electrons. The maximum atomic E-state index is 13.1. The van der Waals surface area contributed by atoms with Crippen LogP contribution in [0.4, 0.5) is 15.0 Å². The van der Waals surface area contributed by atoms with E-state index in [2.05, 4.69) is 10.1 Å². The maximum Gasteiger partial charge on any atom is 0.326 e. The third-order valence-corrected chi connectivity index (χ3v) is 5.10. The summed E-state index contributed by atoms with van der Waals surface area (Å²) in [4.78, 5) is 33.0. The molecule has 0 spiro atoms. The van der Waals surface area contributed by atoms with E-state index in [1.165, 1.54) is 12.1 Å². The van der Waals surface area contributed by atoms with Crippen molar-refractivity contribution in [3.63, 3.8) is 0 Å². The molecule has 2 amide bonds. The number of aromatic nitrogens is 3. The van der Waals surface area contributed by atoms with Gasteiger partial charge in [-0.1, -0.05) is 12.1 Å². The summed E-state index contributed by atoms with van der Waals surface area (Å²) in [5, 5.41) is 4.29. The quantitative estimate of drug-likeness (QED) is 0.564. The molecule has 0 radical (unpaired) electrons. The lowest BCUT2D eigenvalue weighted by atomic mass is 10.1. The highest BCUT2D eigenvalue weighted by Gasteiger charge is 2.30. The molecule has 1 aliphatic rings. The van der Waals surface area contributed by atoms with Crippen molar-refractivity contribution < 1.29 is 14.0 Å². The third kappa shape index (κ3) is 4.37. The van der Waals surface area contributed by atoms with Crippen LogP contribution in [0.3, 0.4) is 0 Å². The smallest absolute Gasteiger partial charge is 0.318 e. The number of nitrogens with zero attached hydrogens (tertiary/aromatic N) is 5. The van der Waals surface area contributed by atoms with Crippen LogP contribution in [0.2, 0.25) is 0 Å². The summed E-state index contributed by atoms with van der Waals surface area (Å²) in [5.74, 6) is 0.145. The zero-order valence-electron chi connectivity index (χ0n) is 16.7. The third-order valence-electron chi connectivity index (χ3n) is 5.10. The Morgan fingerprint density at radius 3 is 2.67 bits per heavy atom. The lowest BCUT2D eigenvalue weighted by molar-refractivity contribution is 0.0982.